The second kappa shape index (κ2) is 8.50. The predicted molar refractivity (Wildman–Crippen MR) is 89.7 cm³/mol. The van der Waals surface area contributed by atoms with E-state index < -0.39 is 0 Å². The molecule has 2 aliphatic heterocycles. The zero-order valence-electron chi connectivity index (χ0n) is 14.5. The molecule has 2 heterocycles. The molecule has 1 unspecified atom stereocenters. The van der Waals surface area contributed by atoms with Gasteiger partial charge in [0.15, 0.2) is 0 Å². The molecule has 1 atom stereocenters. The summed E-state index contributed by atoms with van der Waals surface area (Å²) in [6.07, 6.45) is 8.25. The Labute approximate surface area is 131 Å². The van der Waals surface area contributed by atoms with Crippen molar-refractivity contribution in [3.63, 3.8) is 0 Å². The van der Waals surface area contributed by atoms with Gasteiger partial charge < -0.3 is 15.0 Å². The average molecular weight is 296 g/mol. The quantitative estimate of drug-likeness (QED) is 0.788. The predicted octanol–water partition coefficient (Wildman–Crippen LogP) is 3.29. The summed E-state index contributed by atoms with van der Waals surface area (Å²) in [7, 11) is 0. The molecular weight excluding hydrogens is 260 g/mol. The number of hydrogen-bond donors (Lipinski definition) is 1. The van der Waals surface area contributed by atoms with Crippen LogP contribution in [-0.2, 0) is 4.74 Å². The second-order valence-corrected chi connectivity index (χ2v) is 8.01. The fourth-order valence-electron chi connectivity index (χ4n) is 3.75. The van der Waals surface area contributed by atoms with Crippen LogP contribution < -0.4 is 5.32 Å². The first-order valence-corrected chi connectivity index (χ1v) is 9.10. The van der Waals surface area contributed by atoms with Gasteiger partial charge in [-0.25, -0.2) is 0 Å². The van der Waals surface area contributed by atoms with E-state index in [-0.39, 0.29) is 0 Å². The molecule has 3 heteroatoms. The minimum Gasteiger partial charge on any atom is -0.378 e. The molecule has 2 rings (SSSR count). The van der Waals surface area contributed by atoms with Gasteiger partial charge in [0.25, 0.3) is 0 Å². The van der Waals surface area contributed by atoms with Crippen LogP contribution in [0.4, 0.5) is 0 Å². The zero-order valence-corrected chi connectivity index (χ0v) is 14.5. The summed E-state index contributed by atoms with van der Waals surface area (Å²) >= 11 is 0. The summed E-state index contributed by atoms with van der Waals surface area (Å²) in [5, 5.41) is 3.39. The lowest BCUT2D eigenvalue weighted by molar-refractivity contribution is 0.0278. The van der Waals surface area contributed by atoms with E-state index in [0.29, 0.717) is 11.5 Å². The summed E-state index contributed by atoms with van der Waals surface area (Å²) in [5.74, 6) is 0.897. The lowest BCUT2D eigenvalue weighted by Crippen LogP contribution is -2.33. The Bertz CT molecular complexity index is 281. The molecule has 1 N–H and O–H groups in total. The largest absolute Gasteiger partial charge is 0.378 e. The number of ether oxygens (including phenoxy) is 1. The van der Waals surface area contributed by atoms with Gasteiger partial charge in [-0.05, 0) is 76.0 Å². The fraction of sp³-hybridized carbons (Fsp3) is 1.00. The van der Waals surface area contributed by atoms with E-state index in [4.69, 9.17) is 4.74 Å². The first-order valence-electron chi connectivity index (χ1n) is 9.10. The number of likely N-dealkylation sites (tertiary alicyclic amines) is 1. The zero-order chi connectivity index (χ0) is 15.1. The monoisotopic (exact) mass is 296 g/mol. The molecule has 0 radical (unpaired) electrons. The SMILES string of the molecule is CC(C)(C)C1CCCN(CCCOC2CCNCC2)CC1. The number of piperidine rings is 1. The van der Waals surface area contributed by atoms with Crippen LogP contribution in [0.3, 0.4) is 0 Å². The van der Waals surface area contributed by atoms with Gasteiger partial charge in [-0.2, -0.15) is 0 Å². The maximum Gasteiger partial charge on any atom is 0.0599 e. The van der Waals surface area contributed by atoms with Crippen molar-refractivity contribution in [2.24, 2.45) is 11.3 Å². The highest BCUT2D eigenvalue weighted by Gasteiger charge is 2.26. The first kappa shape index (κ1) is 17.2. The molecule has 0 spiro atoms. The maximum atomic E-state index is 6.01. The fourth-order valence-corrected chi connectivity index (χ4v) is 3.75. The molecule has 2 fully saturated rings. The van der Waals surface area contributed by atoms with Gasteiger partial charge in [0, 0.05) is 13.2 Å². The van der Waals surface area contributed by atoms with Crippen LogP contribution in [0.25, 0.3) is 0 Å². The van der Waals surface area contributed by atoms with E-state index >= 15 is 0 Å². The Morgan fingerprint density at radius 1 is 1.05 bits per heavy atom. The van der Waals surface area contributed by atoms with E-state index in [1.54, 1.807) is 0 Å². The first-order chi connectivity index (χ1) is 10.1. The van der Waals surface area contributed by atoms with Gasteiger partial charge >= 0.3 is 0 Å². The number of nitrogens with zero attached hydrogens (tertiary/aromatic N) is 1. The molecule has 2 aliphatic rings. The van der Waals surface area contributed by atoms with E-state index in [1.807, 2.05) is 0 Å². The van der Waals surface area contributed by atoms with Crippen LogP contribution in [0.5, 0.6) is 0 Å². The Morgan fingerprint density at radius 2 is 1.81 bits per heavy atom. The lowest BCUT2D eigenvalue weighted by atomic mass is 9.77. The van der Waals surface area contributed by atoms with Crippen LogP contribution in [0, 0.1) is 11.3 Å². The van der Waals surface area contributed by atoms with E-state index in [1.165, 1.54) is 58.2 Å². The van der Waals surface area contributed by atoms with Crippen molar-refractivity contribution in [2.75, 3.05) is 39.3 Å². The van der Waals surface area contributed by atoms with Crippen molar-refractivity contribution < 1.29 is 4.74 Å². The molecule has 124 valence electrons. The van der Waals surface area contributed by atoms with Gasteiger partial charge in [0.2, 0.25) is 0 Å². The topological polar surface area (TPSA) is 24.5 Å². The van der Waals surface area contributed by atoms with Crippen molar-refractivity contribution in [3.05, 3.63) is 0 Å². The van der Waals surface area contributed by atoms with Crippen LogP contribution in [0.1, 0.15) is 59.3 Å². The molecule has 21 heavy (non-hydrogen) atoms. The molecule has 0 amide bonds. The van der Waals surface area contributed by atoms with Crippen LogP contribution >= 0.6 is 0 Å². The lowest BCUT2D eigenvalue weighted by Gasteiger charge is -2.29. The molecule has 3 nitrogen and oxygen atoms in total. The summed E-state index contributed by atoms with van der Waals surface area (Å²) < 4.78 is 6.01. The van der Waals surface area contributed by atoms with E-state index in [0.717, 1.165) is 25.6 Å². The van der Waals surface area contributed by atoms with Gasteiger partial charge in [-0.15, -0.1) is 0 Å². The molecule has 0 bridgehead atoms. The van der Waals surface area contributed by atoms with Crippen molar-refractivity contribution >= 4 is 0 Å². The summed E-state index contributed by atoms with van der Waals surface area (Å²) in [6, 6.07) is 0. The standard InChI is InChI=1S/C18H36N2O/c1-18(2,3)16-6-4-12-20(14-9-16)13-5-15-21-17-7-10-19-11-8-17/h16-17,19H,4-15H2,1-3H3. The molecule has 0 aliphatic carbocycles. The van der Waals surface area contributed by atoms with Gasteiger partial charge in [0.05, 0.1) is 6.10 Å². The third-order valence-corrected chi connectivity index (χ3v) is 5.30. The highest BCUT2D eigenvalue weighted by atomic mass is 16.5. The normalized spacial score (nSPS) is 26.7. The smallest absolute Gasteiger partial charge is 0.0599 e. The van der Waals surface area contributed by atoms with Crippen molar-refractivity contribution in [3.8, 4) is 0 Å². The molecule has 0 aromatic heterocycles. The molecule has 0 aromatic carbocycles. The number of hydrogen-bond acceptors (Lipinski definition) is 3. The maximum absolute atomic E-state index is 6.01. The molecule has 0 saturated carbocycles. The number of rotatable bonds is 5. The Kier molecular flexibility index (Phi) is 6.97. The molecular formula is C18H36N2O. The Morgan fingerprint density at radius 3 is 2.52 bits per heavy atom. The number of nitrogens with one attached hydrogen (secondary N) is 1. The van der Waals surface area contributed by atoms with Gasteiger partial charge in [-0.1, -0.05) is 20.8 Å². The minimum absolute atomic E-state index is 0.480. The average Bonchev–Trinajstić information content (AvgIpc) is 2.70. The second-order valence-electron chi connectivity index (χ2n) is 8.01. The van der Waals surface area contributed by atoms with Crippen LogP contribution in [-0.4, -0.2) is 50.3 Å². The van der Waals surface area contributed by atoms with Crippen LogP contribution in [0.15, 0.2) is 0 Å². The van der Waals surface area contributed by atoms with Gasteiger partial charge in [-0.3, -0.25) is 0 Å². The summed E-state index contributed by atoms with van der Waals surface area (Å²) in [5.41, 5.74) is 0.480. The third-order valence-electron chi connectivity index (χ3n) is 5.30. The summed E-state index contributed by atoms with van der Waals surface area (Å²) in [4.78, 5) is 2.66. The highest BCUT2D eigenvalue weighted by Crippen LogP contribution is 2.34. The van der Waals surface area contributed by atoms with Crippen LogP contribution in [0.2, 0.25) is 0 Å². The minimum atomic E-state index is 0.480. The van der Waals surface area contributed by atoms with E-state index in [9.17, 15) is 0 Å². The van der Waals surface area contributed by atoms with Crippen molar-refractivity contribution in [2.45, 2.75) is 65.4 Å². The van der Waals surface area contributed by atoms with E-state index in [2.05, 4.69) is 31.0 Å². The Hall–Kier alpha value is -0.120. The Balaban J connectivity index is 1.58. The van der Waals surface area contributed by atoms with Crippen molar-refractivity contribution in [1.82, 2.24) is 10.2 Å². The van der Waals surface area contributed by atoms with Gasteiger partial charge in [0.1, 0.15) is 0 Å². The summed E-state index contributed by atoms with van der Waals surface area (Å²) in [6.45, 7) is 14.2. The molecule has 0 aromatic rings. The third kappa shape index (κ3) is 6.25. The molecule has 2 saturated heterocycles. The highest BCUT2D eigenvalue weighted by molar-refractivity contribution is 4.78. The van der Waals surface area contributed by atoms with Crippen molar-refractivity contribution in [1.29, 1.82) is 0 Å².